The Balaban J connectivity index is 1.14. The van der Waals surface area contributed by atoms with Gasteiger partial charge in [-0.05, 0) is 62.4 Å². The van der Waals surface area contributed by atoms with Gasteiger partial charge in [-0.1, -0.05) is 0 Å². The fraction of sp³-hybridized carbons (Fsp3) is 0.346. The van der Waals surface area contributed by atoms with Crippen molar-refractivity contribution in [1.29, 1.82) is 0 Å². The van der Waals surface area contributed by atoms with E-state index in [0.717, 1.165) is 22.8 Å². The van der Waals surface area contributed by atoms with E-state index in [4.69, 9.17) is 18.9 Å². The van der Waals surface area contributed by atoms with Crippen LogP contribution in [0.1, 0.15) is 13.8 Å². The van der Waals surface area contributed by atoms with Gasteiger partial charge >= 0.3 is 0 Å². The summed E-state index contributed by atoms with van der Waals surface area (Å²) in [5, 5.41) is 8.82. The zero-order valence-electron chi connectivity index (χ0n) is 19.8. The van der Waals surface area contributed by atoms with E-state index in [1.165, 1.54) is 0 Å². The SMILES string of the molecule is CCOc1ccc(-c2ccc(N3CCN(C(=O)[C@H](C)Oc4ccc5c(c4)OCO5)CC3)nn2)cc1. The third kappa shape index (κ3) is 5.08. The van der Waals surface area contributed by atoms with Crippen LogP contribution in [-0.4, -0.2) is 66.7 Å². The van der Waals surface area contributed by atoms with E-state index in [0.29, 0.717) is 50.0 Å². The van der Waals surface area contributed by atoms with Gasteiger partial charge in [-0.2, -0.15) is 0 Å². The van der Waals surface area contributed by atoms with Gasteiger partial charge in [-0.15, -0.1) is 10.2 Å². The molecule has 182 valence electrons. The molecule has 0 spiro atoms. The number of carbonyl (C=O) groups is 1. The zero-order valence-corrected chi connectivity index (χ0v) is 19.8. The van der Waals surface area contributed by atoms with Crippen molar-refractivity contribution < 1.29 is 23.7 Å². The summed E-state index contributed by atoms with van der Waals surface area (Å²) in [6, 6.07) is 17.1. The summed E-state index contributed by atoms with van der Waals surface area (Å²) in [6.07, 6.45) is -0.602. The van der Waals surface area contributed by atoms with Crippen molar-refractivity contribution in [1.82, 2.24) is 15.1 Å². The number of benzene rings is 2. The second kappa shape index (κ2) is 10.1. The van der Waals surface area contributed by atoms with Crippen molar-refractivity contribution in [3.05, 3.63) is 54.6 Å². The summed E-state index contributed by atoms with van der Waals surface area (Å²) in [4.78, 5) is 16.9. The smallest absolute Gasteiger partial charge is 0.263 e. The highest BCUT2D eigenvalue weighted by molar-refractivity contribution is 5.81. The predicted octanol–water partition coefficient (Wildman–Crippen LogP) is 3.39. The Labute approximate surface area is 204 Å². The van der Waals surface area contributed by atoms with E-state index in [-0.39, 0.29) is 12.7 Å². The van der Waals surface area contributed by atoms with Crippen molar-refractivity contribution >= 4 is 11.7 Å². The molecule has 2 aliphatic heterocycles. The molecule has 2 aliphatic rings. The van der Waals surface area contributed by atoms with Crippen molar-refractivity contribution in [2.45, 2.75) is 20.0 Å². The van der Waals surface area contributed by atoms with E-state index >= 15 is 0 Å². The first-order chi connectivity index (χ1) is 17.1. The lowest BCUT2D eigenvalue weighted by molar-refractivity contribution is -0.138. The van der Waals surface area contributed by atoms with Gasteiger partial charge in [0.05, 0.1) is 12.3 Å². The summed E-state index contributed by atoms with van der Waals surface area (Å²) in [5.41, 5.74) is 1.79. The van der Waals surface area contributed by atoms with Crippen LogP contribution >= 0.6 is 0 Å². The van der Waals surface area contributed by atoms with E-state index in [2.05, 4.69) is 15.1 Å². The fourth-order valence-corrected chi connectivity index (χ4v) is 4.15. The highest BCUT2D eigenvalue weighted by atomic mass is 16.7. The molecule has 0 unspecified atom stereocenters. The molecule has 2 aromatic carbocycles. The van der Waals surface area contributed by atoms with Gasteiger partial charge in [-0.25, -0.2) is 0 Å². The van der Waals surface area contributed by atoms with Crippen LogP contribution in [0.3, 0.4) is 0 Å². The minimum absolute atomic E-state index is 0.0424. The minimum atomic E-state index is -0.602. The summed E-state index contributed by atoms with van der Waals surface area (Å²) < 4.78 is 22.1. The molecule has 9 heteroatoms. The number of ether oxygens (including phenoxy) is 4. The first-order valence-electron chi connectivity index (χ1n) is 11.8. The highest BCUT2D eigenvalue weighted by Crippen LogP contribution is 2.35. The Bertz CT molecular complexity index is 1160. The molecular weight excluding hydrogens is 448 g/mol. The average molecular weight is 477 g/mol. The van der Waals surface area contributed by atoms with Crippen LogP contribution in [0.5, 0.6) is 23.0 Å². The Hall–Kier alpha value is -4.01. The summed E-state index contributed by atoms with van der Waals surface area (Å²) >= 11 is 0. The van der Waals surface area contributed by atoms with Crippen molar-refractivity contribution in [2.75, 3.05) is 44.5 Å². The topological polar surface area (TPSA) is 86.3 Å². The number of fused-ring (bicyclic) bond motifs is 1. The summed E-state index contributed by atoms with van der Waals surface area (Å²) in [6.45, 7) is 7.11. The molecule has 5 rings (SSSR count). The van der Waals surface area contributed by atoms with Crippen LogP contribution in [0, 0.1) is 0 Å². The third-order valence-electron chi connectivity index (χ3n) is 6.03. The third-order valence-corrected chi connectivity index (χ3v) is 6.03. The van der Waals surface area contributed by atoms with Crippen LogP contribution < -0.4 is 23.8 Å². The first kappa shape index (κ1) is 22.8. The van der Waals surface area contributed by atoms with Crippen LogP contribution in [0.25, 0.3) is 11.3 Å². The first-order valence-corrected chi connectivity index (χ1v) is 11.8. The average Bonchev–Trinajstić information content (AvgIpc) is 3.37. The molecule has 35 heavy (non-hydrogen) atoms. The fourth-order valence-electron chi connectivity index (χ4n) is 4.15. The van der Waals surface area contributed by atoms with Crippen LogP contribution in [0.15, 0.2) is 54.6 Å². The molecule has 0 bridgehead atoms. The number of amides is 1. The maximum Gasteiger partial charge on any atom is 0.263 e. The number of nitrogens with zero attached hydrogens (tertiary/aromatic N) is 4. The maximum absolute atomic E-state index is 12.9. The summed E-state index contributed by atoms with van der Waals surface area (Å²) in [7, 11) is 0. The van der Waals surface area contributed by atoms with Crippen molar-refractivity contribution in [3.63, 3.8) is 0 Å². The number of piperazine rings is 1. The molecule has 0 N–H and O–H groups in total. The monoisotopic (exact) mass is 476 g/mol. The van der Waals surface area contributed by atoms with Gasteiger partial charge in [0.2, 0.25) is 6.79 Å². The molecular formula is C26H28N4O5. The lowest BCUT2D eigenvalue weighted by Gasteiger charge is -2.36. The summed E-state index contributed by atoms with van der Waals surface area (Å²) in [5.74, 6) is 3.49. The molecule has 1 fully saturated rings. The lowest BCUT2D eigenvalue weighted by Crippen LogP contribution is -2.52. The second-order valence-electron chi connectivity index (χ2n) is 8.32. The van der Waals surface area contributed by atoms with E-state index in [1.807, 2.05) is 48.2 Å². The minimum Gasteiger partial charge on any atom is -0.494 e. The molecule has 1 atom stereocenters. The van der Waals surface area contributed by atoms with Gasteiger partial charge in [0.25, 0.3) is 5.91 Å². The number of aromatic nitrogens is 2. The van der Waals surface area contributed by atoms with E-state index in [1.54, 1.807) is 25.1 Å². The number of anilines is 1. The lowest BCUT2D eigenvalue weighted by atomic mass is 10.1. The van der Waals surface area contributed by atoms with E-state index < -0.39 is 6.10 Å². The standard InChI is InChI=1S/C26H28N4O5/c1-3-32-20-6-4-19(5-7-20)22-9-11-25(28-27-22)29-12-14-30(15-13-29)26(31)18(2)35-21-8-10-23-24(16-21)34-17-33-23/h4-11,16,18H,3,12-15,17H2,1-2H3/t18-/m0/s1. The number of hydrogen-bond donors (Lipinski definition) is 0. The molecule has 9 nitrogen and oxygen atoms in total. The second-order valence-corrected chi connectivity index (χ2v) is 8.32. The maximum atomic E-state index is 12.9. The molecule has 3 heterocycles. The highest BCUT2D eigenvalue weighted by Gasteiger charge is 2.27. The van der Waals surface area contributed by atoms with Gasteiger partial charge in [0, 0.05) is 37.8 Å². The molecule has 3 aromatic rings. The van der Waals surface area contributed by atoms with Gasteiger partial charge in [-0.3, -0.25) is 4.79 Å². The Morgan fingerprint density at radius 2 is 1.69 bits per heavy atom. The molecule has 1 amide bonds. The Morgan fingerprint density at radius 1 is 0.943 bits per heavy atom. The molecule has 1 aromatic heterocycles. The molecule has 0 radical (unpaired) electrons. The number of hydrogen-bond acceptors (Lipinski definition) is 8. The largest absolute Gasteiger partial charge is 0.494 e. The molecule has 0 saturated carbocycles. The van der Waals surface area contributed by atoms with Crippen LogP contribution in [-0.2, 0) is 4.79 Å². The Morgan fingerprint density at radius 3 is 2.40 bits per heavy atom. The van der Waals surface area contributed by atoms with Gasteiger partial charge in [0.15, 0.2) is 23.4 Å². The normalized spacial score (nSPS) is 15.6. The molecule has 0 aliphatic carbocycles. The van der Waals surface area contributed by atoms with Crippen LogP contribution in [0.2, 0.25) is 0 Å². The van der Waals surface area contributed by atoms with Crippen molar-refractivity contribution in [3.8, 4) is 34.3 Å². The van der Waals surface area contributed by atoms with Gasteiger partial charge < -0.3 is 28.7 Å². The number of carbonyl (C=O) groups excluding carboxylic acids is 1. The number of rotatable bonds is 7. The zero-order chi connectivity index (χ0) is 24.2. The Kier molecular flexibility index (Phi) is 6.56. The quantitative estimate of drug-likeness (QED) is 0.513. The molecule has 1 saturated heterocycles. The van der Waals surface area contributed by atoms with Crippen LogP contribution in [0.4, 0.5) is 5.82 Å². The van der Waals surface area contributed by atoms with Gasteiger partial charge in [0.1, 0.15) is 11.5 Å². The van der Waals surface area contributed by atoms with Crippen molar-refractivity contribution in [2.24, 2.45) is 0 Å². The predicted molar refractivity (Wildman–Crippen MR) is 130 cm³/mol. The van der Waals surface area contributed by atoms with E-state index in [9.17, 15) is 4.79 Å².